The first-order valence-corrected chi connectivity index (χ1v) is 10.4. The number of amidine groups is 1. The van der Waals surface area contributed by atoms with Gasteiger partial charge in [0.05, 0.1) is 22.4 Å². The molecule has 0 aliphatic carbocycles. The molecule has 0 saturated carbocycles. The zero-order valence-electron chi connectivity index (χ0n) is 17.0. The number of hydrogen-bond donors (Lipinski definition) is 1. The van der Waals surface area contributed by atoms with E-state index < -0.39 is 0 Å². The number of thiophene rings is 1. The minimum absolute atomic E-state index is 0.120. The largest absolute Gasteiger partial charge is 0.383 e. The van der Waals surface area contributed by atoms with Crippen molar-refractivity contribution in [2.45, 2.75) is 6.54 Å². The van der Waals surface area contributed by atoms with Crippen molar-refractivity contribution in [2.24, 2.45) is 0 Å². The highest BCUT2D eigenvalue weighted by molar-refractivity contribution is 7.17. The van der Waals surface area contributed by atoms with Crippen molar-refractivity contribution in [1.29, 1.82) is 5.41 Å². The highest BCUT2D eigenvalue weighted by Gasteiger charge is 2.17. The molecule has 0 spiro atoms. The normalized spacial score (nSPS) is 10.8. The third-order valence-corrected chi connectivity index (χ3v) is 5.77. The number of benzene rings is 1. The zero-order chi connectivity index (χ0) is 21.7. The quantitative estimate of drug-likeness (QED) is 0.413. The second-order valence-electron chi connectivity index (χ2n) is 6.78. The van der Waals surface area contributed by atoms with Crippen LogP contribution in [0.25, 0.3) is 11.3 Å². The van der Waals surface area contributed by atoms with E-state index in [1.807, 2.05) is 42.3 Å². The van der Waals surface area contributed by atoms with Gasteiger partial charge in [-0.15, -0.1) is 11.3 Å². The Kier molecular flexibility index (Phi) is 7.25. The van der Waals surface area contributed by atoms with Crippen LogP contribution in [-0.4, -0.2) is 61.1 Å². The molecule has 0 saturated heterocycles. The maximum Gasteiger partial charge on any atom is 0.264 e. The van der Waals surface area contributed by atoms with Crippen LogP contribution in [-0.2, 0) is 11.3 Å². The first-order chi connectivity index (χ1) is 14.4. The molecule has 3 rings (SSSR count). The fraction of sp³-hybridized carbons (Fsp3) is 0.286. The van der Waals surface area contributed by atoms with E-state index in [0.717, 1.165) is 11.1 Å². The standard InChI is InChI=1S/C21H23ClN4O3S/c1-25(10-11-28-3)20(23)15-6-4-14(5-7-15)17-12-16(29-24-17)13-26(2)21(27)18-8-9-19(22)30-18/h4-9,12,23H,10-11,13H2,1-3H3. The van der Waals surface area contributed by atoms with Gasteiger partial charge in [-0.25, -0.2) is 0 Å². The van der Waals surface area contributed by atoms with E-state index in [-0.39, 0.29) is 5.91 Å². The van der Waals surface area contributed by atoms with Crippen LogP contribution in [0.3, 0.4) is 0 Å². The number of carbonyl (C=O) groups excluding carboxylic acids is 1. The summed E-state index contributed by atoms with van der Waals surface area (Å²) in [6, 6.07) is 12.8. The molecule has 0 unspecified atom stereocenters. The molecular weight excluding hydrogens is 424 g/mol. The molecule has 0 bridgehead atoms. The van der Waals surface area contributed by atoms with Crippen molar-refractivity contribution < 1.29 is 14.1 Å². The number of aromatic nitrogens is 1. The van der Waals surface area contributed by atoms with E-state index in [0.29, 0.717) is 46.2 Å². The fourth-order valence-corrected chi connectivity index (χ4v) is 3.84. The van der Waals surface area contributed by atoms with E-state index in [1.54, 1.807) is 31.2 Å². The Balaban J connectivity index is 1.64. The second-order valence-corrected chi connectivity index (χ2v) is 8.50. The Labute approximate surface area is 184 Å². The number of ether oxygens (including phenoxy) is 1. The average Bonchev–Trinajstić information content (AvgIpc) is 3.40. The Morgan fingerprint density at radius 1 is 1.20 bits per heavy atom. The summed E-state index contributed by atoms with van der Waals surface area (Å²) in [6.07, 6.45) is 0. The summed E-state index contributed by atoms with van der Waals surface area (Å²) in [5, 5.41) is 12.4. The van der Waals surface area contributed by atoms with E-state index in [9.17, 15) is 4.79 Å². The number of nitrogens with one attached hydrogen (secondary N) is 1. The lowest BCUT2D eigenvalue weighted by atomic mass is 10.1. The van der Waals surface area contributed by atoms with Crippen LogP contribution in [0.2, 0.25) is 4.34 Å². The summed E-state index contributed by atoms with van der Waals surface area (Å²) in [5.74, 6) is 0.887. The van der Waals surface area contributed by atoms with Crippen molar-refractivity contribution in [2.75, 3.05) is 34.4 Å². The molecule has 9 heteroatoms. The maximum atomic E-state index is 12.4. The zero-order valence-corrected chi connectivity index (χ0v) is 18.6. The molecule has 1 aromatic carbocycles. The molecule has 0 radical (unpaired) electrons. The molecule has 1 amide bonds. The summed E-state index contributed by atoms with van der Waals surface area (Å²) >= 11 is 7.16. The van der Waals surface area contributed by atoms with Crippen molar-refractivity contribution in [3.63, 3.8) is 0 Å². The Bertz CT molecular complexity index is 1020. The first kappa shape index (κ1) is 22.0. The van der Waals surface area contributed by atoms with Gasteiger partial charge >= 0.3 is 0 Å². The molecule has 0 aliphatic rings. The molecule has 158 valence electrons. The summed E-state index contributed by atoms with van der Waals surface area (Å²) in [7, 11) is 5.21. The number of methoxy groups -OCH3 is 1. The maximum absolute atomic E-state index is 12.4. The van der Waals surface area contributed by atoms with Gasteiger partial charge < -0.3 is 19.1 Å². The van der Waals surface area contributed by atoms with Crippen molar-refractivity contribution in [3.8, 4) is 11.3 Å². The van der Waals surface area contributed by atoms with Gasteiger partial charge in [-0.05, 0) is 12.1 Å². The summed E-state index contributed by atoms with van der Waals surface area (Å²) in [6.45, 7) is 1.51. The predicted molar refractivity (Wildman–Crippen MR) is 118 cm³/mol. The van der Waals surface area contributed by atoms with Crippen LogP contribution < -0.4 is 0 Å². The number of rotatable bonds is 8. The van der Waals surface area contributed by atoms with E-state index in [4.69, 9.17) is 26.3 Å². The molecule has 7 nitrogen and oxygen atoms in total. The van der Waals surface area contributed by atoms with Crippen molar-refractivity contribution in [3.05, 3.63) is 63.0 Å². The molecule has 2 heterocycles. The highest BCUT2D eigenvalue weighted by Crippen LogP contribution is 2.24. The van der Waals surface area contributed by atoms with Gasteiger partial charge in [-0.2, -0.15) is 0 Å². The Morgan fingerprint density at radius 3 is 2.57 bits per heavy atom. The molecule has 2 aromatic heterocycles. The van der Waals surface area contributed by atoms with Crippen LogP contribution in [0.5, 0.6) is 0 Å². The van der Waals surface area contributed by atoms with Crippen LogP contribution >= 0.6 is 22.9 Å². The van der Waals surface area contributed by atoms with Gasteiger partial charge in [0.25, 0.3) is 5.91 Å². The average molecular weight is 447 g/mol. The number of hydrogen-bond acceptors (Lipinski definition) is 6. The molecular formula is C21H23ClN4O3S. The molecule has 30 heavy (non-hydrogen) atoms. The lowest BCUT2D eigenvalue weighted by Crippen LogP contribution is -2.29. The minimum Gasteiger partial charge on any atom is -0.383 e. The van der Waals surface area contributed by atoms with E-state index in [1.165, 1.54) is 11.3 Å². The van der Waals surface area contributed by atoms with E-state index in [2.05, 4.69) is 5.16 Å². The lowest BCUT2D eigenvalue weighted by Gasteiger charge is -2.19. The second kappa shape index (κ2) is 9.88. The molecule has 3 aromatic rings. The van der Waals surface area contributed by atoms with Crippen LogP contribution in [0, 0.1) is 5.41 Å². The van der Waals surface area contributed by atoms with Gasteiger partial charge in [-0.3, -0.25) is 10.2 Å². The number of likely N-dealkylation sites (N-methyl/N-ethyl adjacent to an activating group) is 1. The number of amides is 1. The van der Waals surface area contributed by atoms with Gasteiger partial charge in [0.1, 0.15) is 11.5 Å². The monoisotopic (exact) mass is 446 g/mol. The first-order valence-electron chi connectivity index (χ1n) is 9.25. The van der Waals surface area contributed by atoms with Gasteiger partial charge in [0.15, 0.2) is 5.76 Å². The number of carbonyl (C=O) groups is 1. The Hall–Kier alpha value is -2.68. The SMILES string of the molecule is COCCN(C)C(=N)c1ccc(-c2cc(CN(C)C(=O)c3ccc(Cl)s3)on2)cc1. The predicted octanol–water partition coefficient (Wildman–Crippen LogP) is 4.23. The van der Waals surface area contributed by atoms with Crippen molar-refractivity contribution >= 4 is 34.7 Å². The fourth-order valence-electron chi connectivity index (χ4n) is 2.81. The highest BCUT2D eigenvalue weighted by atomic mass is 35.5. The molecule has 0 aliphatic heterocycles. The molecule has 0 fully saturated rings. The summed E-state index contributed by atoms with van der Waals surface area (Å²) in [4.78, 5) is 16.4. The number of halogens is 1. The van der Waals surface area contributed by atoms with Gasteiger partial charge in [-0.1, -0.05) is 41.0 Å². The minimum atomic E-state index is -0.120. The number of nitrogens with zero attached hydrogens (tertiary/aromatic N) is 3. The molecule has 0 atom stereocenters. The Morgan fingerprint density at radius 2 is 1.93 bits per heavy atom. The summed E-state index contributed by atoms with van der Waals surface area (Å²) < 4.78 is 11.0. The van der Waals surface area contributed by atoms with Crippen molar-refractivity contribution in [1.82, 2.24) is 15.0 Å². The topological polar surface area (TPSA) is 82.7 Å². The third-order valence-electron chi connectivity index (χ3n) is 4.55. The smallest absolute Gasteiger partial charge is 0.264 e. The van der Waals surface area contributed by atoms with Crippen LogP contribution in [0.1, 0.15) is 21.0 Å². The van der Waals surface area contributed by atoms with Gasteiger partial charge in [0, 0.05) is 44.9 Å². The van der Waals surface area contributed by atoms with E-state index >= 15 is 0 Å². The lowest BCUT2D eigenvalue weighted by molar-refractivity contribution is 0.0777. The molecule has 1 N–H and O–H groups in total. The van der Waals surface area contributed by atoms with Crippen LogP contribution in [0.15, 0.2) is 47.0 Å². The van der Waals surface area contributed by atoms with Gasteiger partial charge in [0.2, 0.25) is 0 Å². The van der Waals surface area contributed by atoms with Crippen LogP contribution in [0.4, 0.5) is 0 Å². The third kappa shape index (κ3) is 5.27. The summed E-state index contributed by atoms with van der Waals surface area (Å²) in [5.41, 5.74) is 2.36.